The number of nitrogen functional groups attached to an aromatic ring is 1. The van der Waals surface area contributed by atoms with E-state index in [1.165, 1.54) is 36.8 Å². The summed E-state index contributed by atoms with van der Waals surface area (Å²) in [6.07, 6.45) is -0.687. The van der Waals surface area contributed by atoms with Gasteiger partial charge in [-0.15, -0.1) is 0 Å². The smallest absolute Gasteiger partial charge is 0.381 e. The molecule has 0 aliphatic carbocycles. The number of alkyl halides is 3. The van der Waals surface area contributed by atoms with Crippen LogP contribution in [0.3, 0.4) is 0 Å². The van der Waals surface area contributed by atoms with Crippen molar-refractivity contribution in [1.29, 1.82) is 0 Å². The molecule has 4 rings (SSSR count). The van der Waals surface area contributed by atoms with Gasteiger partial charge in [-0.25, -0.2) is 9.37 Å². The van der Waals surface area contributed by atoms with Crippen LogP contribution in [0.1, 0.15) is 32.6 Å². The number of halogens is 4. The summed E-state index contributed by atoms with van der Waals surface area (Å²) in [6, 6.07) is 8.82. The summed E-state index contributed by atoms with van der Waals surface area (Å²) in [6.45, 7) is 1.77. The van der Waals surface area contributed by atoms with Gasteiger partial charge in [0, 0.05) is 28.6 Å². The van der Waals surface area contributed by atoms with Gasteiger partial charge in [-0.3, -0.25) is 4.79 Å². The second-order valence-corrected chi connectivity index (χ2v) is 7.41. The number of benzene rings is 2. The third-order valence-electron chi connectivity index (χ3n) is 4.86. The van der Waals surface area contributed by atoms with E-state index in [1.54, 1.807) is 13.0 Å². The van der Waals surface area contributed by atoms with Crippen LogP contribution in [0.5, 0.6) is 0 Å². The van der Waals surface area contributed by atoms with Crippen molar-refractivity contribution >= 4 is 17.4 Å². The number of rotatable bonds is 3. The number of hydrogen-bond donors (Lipinski definition) is 2. The predicted molar refractivity (Wildman–Crippen MR) is 120 cm³/mol. The Morgan fingerprint density at radius 2 is 1.80 bits per heavy atom. The monoisotopic (exact) mass is 480 g/mol. The largest absolute Gasteiger partial charge is 0.416 e. The van der Waals surface area contributed by atoms with Crippen molar-refractivity contribution in [3.63, 3.8) is 0 Å². The number of anilines is 2. The zero-order valence-electron chi connectivity index (χ0n) is 18.1. The van der Waals surface area contributed by atoms with E-state index in [2.05, 4.69) is 32.3 Å². The SMILES string of the molecule is Cc1ccc(C(=O)Nc2cc(-n3nccn3)cc(C(F)(F)F)c2)cc1C#Cc1cnc(N)c(F)c1. The van der Waals surface area contributed by atoms with E-state index in [0.29, 0.717) is 5.56 Å². The van der Waals surface area contributed by atoms with Crippen molar-refractivity contribution in [2.75, 3.05) is 11.1 Å². The second kappa shape index (κ2) is 9.26. The summed E-state index contributed by atoms with van der Waals surface area (Å²) in [5.41, 5.74) is 5.99. The molecule has 35 heavy (non-hydrogen) atoms. The van der Waals surface area contributed by atoms with Crippen LogP contribution in [0.15, 0.2) is 61.1 Å². The number of pyridine rings is 1. The van der Waals surface area contributed by atoms with Crippen molar-refractivity contribution in [3.8, 4) is 17.5 Å². The molecule has 0 spiro atoms. The molecule has 0 radical (unpaired) electrons. The molecule has 0 aliphatic heterocycles. The molecule has 1 amide bonds. The van der Waals surface area contributed by atoms with Gasteiger partial charge in [0.05, 0.1) is 23.6 Å². The fourth-order valence-electron chi connectivity index (χ4n) is 3.07. The highest BCUT2D eigenvalue weighted by atomic mass is 19.4. The Morgan fingerprint density at radius 3 is 2.49 bits per heavy atom. The Hall–Kier alpha value is -4.72. The lowest BCUT2D eigenvalue weighted by Crippen LogP contribution is -2.15. The first-order chi connectivity index (χ1) is 16.6. The van der Waals surface area contributed by atoms with Crippen LogP contribution in [0.25, 0.3) is 5.69 Å². The minimum absolute atomic E-state index is 0.0277. The fourth-order valence-corrected chi connectivity index (χ4v) is 3.07. The zero-order valence-corrected chi connectivity index (χ0v) is 18.1. The molecule has 7 nitrogen and oxygen atoms in total. The van der Waals surface area contributed by atoms with Gasteiger partial charge in [0.1, 0.15) is 0 Å². The molecule has 0 aliphatic rings. The van der Waals surface area contributed by atoms with Gasteiger partial charge in [0.25, 0.3) is 5.91 Å². The summed E-state index contributed by atoms with van der Waals surface area (Å²) in [5.74, 6) is 4.01. The molecule has 0 atom stereocenters. The number of nitrogens with zero attached hydrogens (tertiary/aromatic N) is 4. The van der Waals surface area contributed by atoms with E-state index in [-0.39, 0.29) is 28.3 Å². The van der Waals surface area contributed by atoms with Crippen LogP contribution in [0, 0.1) is 24.6 Å². The Labute approximate surface area is 196 Å². The summed E-state index contributed by atoms with van der Waals surface area (Å²) in [7, 11) is 0. The van der Waals surface area contributed by atoms with Gasteiger partial charge in [-0.05, 0) is 48.9 Å². The molecule has 2 aromatic carbocycles. The van der Waals surface area contributed by atoms with Crippen molar-refractivity contribution in [2.24, 2.45) is 0 Å². The molecule has 4 aromatic rings. The average Bonchev–Trinajstić information content (AvgIpc) is 3.35. The topological polar surface area (TPSA) is 98.7 Å². The number of nitrogens with two attached hydrogens (primary N) is 1. The van der Waals surface area contributed by atoms with E-state index in [1.807, 2.05) is 0 Å². The first-order valence-corrected chi connectivity index (χ1v) is 10.0. The normalized spacial score (nSPS) is 11.0. The lowest BCUT2D eigenvalue weighted by atomic mass is 10.0. The highest BCUT2D eigenvalue weighted by Crippen LogP contribution is 2.33. The molecular weight excluding hydrogens is 464 g/mol. The average molecular weight is 480 g/mol. The summed E-state index contributed by atoms with van der Waals surface area (Å²) < 4.78 is 53.8. The number of carbonyl (C=O) groups is 1. The molecule has 176 valence electrons. The van der Waals surface area contributed by atoms with E-state index in [4.69, 9.17) is 5.73 Å². The van der Waals surface area contributed by atoms with Crippen LogP contribution in [-0.4, -0.2) is 25.9 Å². The Balaban J connectivity index is 1.63. The van der Waals surface area contributed by atoms with Crippen molar-refractivity contribution < 1.29 is 22.4 Å². The summed E-state index contributed by atoms with van der Waals surface area (Å²) >= 11 is 0. The molecule has 0 saturated carbocycles. The molecule has 0 unspecified atom stereocenters. The van der Waals surface area contributed by atoms with E-state index in [9.17, 15) is 22.4 Å². The van der Waals surface area contributed by atoms with Crippen molar-refractivity contribution in [3.05, 3.63) is 94.7 Å². The maximum absolute atomic E-state index is 13.6. The number of hydrogen-bond acceptors (Lipinski definition) is 5. The molecule has 0 bridgehead atoms. The molecule has 0 saturated heterocycles. The molecule has 3 N–H and O–H groups in total. The van der Waals surface area contributed by atoms with E-state index in [0.717, 1.165) is 28.6 Å². The lowest BCUT2D eigenvalue weighted by molar-refractivity contribution is -0.137. The van der Waals surface area contributed by atoms with Crippen molar-refractivity contribution in [1.82, 2.24) is 20.0 Å². The van der Waals surface area contributed by atoms with Crippen LogP contribution < -0.4 is 11.1 Å². The third kappa shape index (κ3) is 5.44. The van der Waals surface area contributed by atoms with Gasteiger partial charge < -0.3 is 11.1 Å². The molecule has 0 fully saturated rings. The molecule has 11 heteroatoms. The first kappa shape index (κ1) is 23.4. The number of aryl methyl sites for hydroxylation is 1. The van der Waals surface area contributed by atoms with Crippen LogP contribution in [-0.2, 0) is 6.18 Å². The van der Waals surface area contributed by atoms with Gasteiger partial charge in [0.15, 0.2) is 11.6 Å². The Morgan fingerprint density at radius 1 is 1.06 bits per heavy atom. The fraction of sp³-hybridized carbons (Fsp3) is 0.0833. The minimum atomic E-state index is -4.65. The quantitative estimate of drug-likeness (QED) is 0.335. The third-order valence-corrected chi connectivity index (χ3v) is 4.86. The predicted octanol–water partition coefficient (Wildman–Crippen LogP) is 4.36. The number of carbonyl (C=O) groups excluding carboxylic acids is 1. The standard InChI is InChI=1S/C24H16F4N6O/c1-14-2-4-17(9-16(14)5-3-15-8-21(25)22(29)30-13-15)23(35)33-19-10-18(24(26,27)28)11-20(12-19)34-31-6-7-32-34/h2,4,6-13H,1H3,(H2,29,30)(H,33,35). The van der Waals surface area contributed by atoms with Crippen LogP contribution >= 0.6 is 0 Å². The first-order valence-electron chi connectivity index (χ1n) is 10.0. The number of nitrogens with one attached hydrogen (secondary N) is 1. The van der Waals surface area contributed by atoms with Gasteiger partial charge >= 0.3 is 6.18 Å². The molecule has 2 heterocycles. The van der Waals surface area contributed by atoms with Gasteiger partial charge in [-0.2, -0.15) is 28.2 Å². The van der Waals surface area contributed by atoms with E-state index < -0.39 is 23.5 Å². The van der Waals surface area contributed by atoms with Gasteiger partial charge in [-0.1, -0.05) is 17.9 Å². The minimum Gasteiger partial charge on any atom is -0.381 e. The van der Waals surface area contributed by atoms with Crippen molar-refractivity contribution in [2.45, 2.75) is 13.1 Å². The van der Waals surface area contributed by atoms with Crippen LogP contribution in [0.2, 0.25) is 0 Å². The molecule has 2 aromatic heterocycles. The number of amides is 1. The molecular formula is C24H16F4N6O. The highest BCUT2D eigenvalue weighted by Gasteiger charge is 2.31. The Kier molecular flexibility index (Phi) is 6.20. The second-order valence-electron chi connectivity index (χ2n) is 7.41. The van der Waals surface area contributed by atoms with Gasteiger partial charge in [0.2, 0.25) is 0 Å². The summed E-state index contributed by atoms with van der Waals surface area (Å²) in [4.78, 5) is 17.6. The Bertz CT molecular complexity index is 1470. The zero-order chi connectivity index (χ0) is 25.2. The lowest BCUT2D eigenvalue weighted by Gasteiger charge is -2.13. The maximum atomic E-state index is 13.6. The maximum Gasteiger partial charge on any atom is 0.416 e. The highest BCUT2D eigenvalue weighted by molar-refractivity contribution is 6.04. The van der Waals surface area contributed by atoms with E-state index >= 15 is 0 Å². The summed E-state index contributed by atoms with van der Waals surface area (Å²) in [5, 5.41) is 10.2. The van der Waals surface area contributed by atoms with Crippen LogP contribution in [0.4, 0.5) is 29.1 Å². The number of aromatic nitrogens is 4.